The molecule has 106 valence electrons. The van der Waals surface area contributed by atoms with Crippen molar-refractivity contribution in [2.75, 3.05) is 0 Å². The molecule has 0 heterocycles. The predicted molar refractivity (Wildman–Crippen MR) is 86.3 cm³/mol. The Hall–Kier alpha value is -0.340. The Morgan fingerprint density at radius 2 is 2.00 bits per heavy atom. The van der Waals surface area contributed by atoms with Crippen molar-refractivity contribution in [2.24, 2.45) is 5.92 Å². The van der Waals surface area contributed by atoms with Crippen LogP contribution >= 0.6 is 15.9 Å². The molecule has 0 aliphatic heterocycles. The molecule has 0 radical (unpaired) electrons. The SMILES string of the molecule is CCC(N[C@@H](C)C1CCCCC1)c1cccc(Br)c1. The summed E-state index contributed by atoms with van der Waals surface area (Å²) in [6.07, 6.45) is 8.24. The standard InChI is InChI=1S/C17H26BrN/c1-3-17(15-10-7-11-16(18)12-15)19-13(2)14-8-5-4-6-9-14/h7,10-14,17,19H,3-6,8-9H2,1-2H3/t13-,17?/m0/s1. The summed E-state index contributed by atoms with van der Waals surface area (Å²) in [6.45, 7) is 4.64. The largest absolute Gasteiger partial charge is 0.307 e. The van der Waals surface area contributed by atoms with Crippen LogP contribution in [-0.2, 0) is 0 Å². The number of hydrogen-bond donors (Lipinski definition) is 1. The van der Waals surface area contributed by atoms with Gasteiger partial charge in [-0.15, -0.1) is 0 Å². The molecule has 0 spiro atoms. The van der Waals surface area contributed by atoms with Gasteiger partial charge in [-0.1, -0.05) is 54.2 Å². The zero-order valence-corrected chi connectivity index (χ0v) is 13.7. The summed E-state index contributed by atoms with van der Waals surface area (Å²) in [7, 11) is 0. The Morgan fingerprint density at radius 1 is 1.26 bits per heavy atom. The van der Waals surface area contributed by atoms with Crippen LogP contribution in [0.1, 0.15) is 64.0 Å². The molecular formula is C17H26BrN. The van der Waals surface area contributed by atoms with Crippen molar-refractivity contribution in [3.05, 3.63) is 34.3 Å². The van der Waals surface area contributed by atoms with Crippen LogP contribution in [0, 0.1) is 5.92 Å². The lowest BCUT2D eigenvalue weighted by Crippen LogP contribution is -2.37. The van der Waals surface area contributed by atoms with E-state index < -0.39 is 0 Å². The van der Waals surface area contributed by atoms with Crippen molar-refractivity contribution in [1.82, 2.24) is 5.32 Å². The van der Waals surface area contributed by atoms with Crippen LogP contribution in [0.5, 0.6) is 0 Å². The molecule has 1 aromatic rings. The van der Waals surface area contributed by atoms with Crippen molar-refractivity contribution in [1.29, 1.82) is 0 Å². The lowest BCUT2D eigenvalue weighted by atomic mass is 9.84. The average molecular weight is 324 g/mol. The lowest BCUT2D eigenvalue weighted by molar-refractivity contribution is 0.262. The van der Waals surface area contributed by atoms with Gasteiger partial charge < -0.3 is 5.32 Å². The summed E-state index contributed by atoms with van der Waals surface area (Å²) in [5.41, 5.74) is 1.40. The molecule has 2 heteroatoms. The Labute approximate surface area is 126 Å². The minimum Gasteiger partial charge on any atom is -0.307 e. The highest BCUT2D eigenvalue weighted by atomic mass is 79.9. The van der Waals surface area contributed by atoms with E-state index >= 15 is 0 Å². The van der Waals surface area contributed by atoms with E-state index in [0.717, 1.165) is 12.3 Å². The van der Waals surface area contributed by atoms with E-state index in [-0.39, 0.29) is 0 Å². The molecule has 0 saturated heterocycles. The quantitative estimate of drug-likeness (QED) is 0.758. The molecule has 1 nitrogen and oxygen atoms in total. The van der Waals surface area contributed by atoms with E-state index in [0.29, 0.717) is 12.1 Å². The third-order valence-electron chi connectivity index (χ3n) is 4.48. The second-order valence-electron chi connectivity index (χ2n) is 5.87. The van der Waals surface area contributed by atoms with Crippen LogP contribution in [0.2, 0.25) is 0 Å². The predicted octanol–water partition coefficient (Wildman–Crippen LogP) is 5.46. The third-order valence-corrected chi connectivity index (χ3v) is 4.97. The first-order valence-electron chi connectivity index (χ1n) is 7.72. The Morgan fingerprint density at radius 3 is 2.63 bits per heavy atom. The molecule has 1 aliphatic carbocycles. The van der Waals surface area contributed by atoms with E-state index in [1.54, 1.807) is 0 Å². The van der Waals surface area contributed by atoms with Crippen molar-refractivity contribution in [3.8, 4) is 0 Å². The topological polar surface area (TPSA) is 12.0 Å². The third kappa shape index (κ3) is 4.32. The van der Waals surface area contributed by atoms with Gasteiger partial charge in [0.2, 0.25) is 0 Å². The smallest absolute Gasteiger partial charge is 0.0320 e. The molecule has 2 atom stereocenters. The van der Waals surface area contributed by atoms with Gasteiger partial charge in [0.25, 0.3) is 0 Å². The Kier molecular flexibility index (Phi) is 5.90. The summed E-state index contributed by atoms with van der Waals surface area (Å²) in [6, 6.07) is 9.82. The molecule has 1 aromatic carbocycles. The first-order chi connectivity index (χ1) is 9.20. The van der Waals surface area contributed by atoms with Gasteiger partial charge in [-0.05, 0) is 49.8 Å². The van der Waals surface area contributed by atoms with Crippen molar-refractivity contribution in [3.63, 3.8) is 0 Å². The molecule has 1 aliphatic rings. The second-order valence-corrected chi connectivity index (χ2v) is 6.78. The monoisotopic (exact) mass is 323 g/mol. The van der Waals surface area contributed by atoms with Gasteiger partial charge in [0.05, 0.1) is 0 Å². The minimum atomic E-state index is 0.481. The highest BCUT2D eigenvalue weighted by Gasteiger charge is 2.22. The molecular weight excluding hydrogens is 298 g/mol. The molecule has 0 amide bonds. The van der Waals surface area contributed by atoms with Gasteiger partial charge in [-0.3, -0.25) is 0 Å². The highest BCUT2D eigenvalue weighted by Crippen LogP contribution is 2.28. The maximum atomic E-state index is 3.86. The summed E-state index contributed by atoms with van der Waals surface area (Å²) in [5.74, 6) is 0.870. The summed E-state index contributed by atoms with van der Waals surface area (Å²) >= 11 is 3.57. The molecule has 1 unspecified atom stereocenters. The molecule has 0 bridgehead atoms. The second kappa shape index (κ2) is 7.44. The fourth-order valence-electron chi connectivity index (χ4n) is 3.26. The fraction of sp³-hybridized carbons (Fsp3) is 0.647. The van der Waals surface area contributed by atoms with E-state index in [2.05, 4.69) is 59.4 Å². The highest BCUT2D eigenvalue weighted by molar-refractivity contribution is 9.10. The van der Waals surface area contributed by atoms with Gasteiger partial charge in [-0.2, -0.15) is 0 Å². The zero-order valence-electron chi connectivity index (χ0n) is 12.2. The summed E-state index contributed by atoms with van der Waals surface area (Å²) < 4.78 is 1.18. The van der Waals surface area contributed by atoms with E-state index in [1.807, 2.05) is 0 Å². The molecule has 1 N–H and O–H groups in total. The Balaban J connectivity index is 1.98. The Bertz CT molecular complexity index is 385. The van der Waals surface area contributed by atoms with Crippen molar-refractivity contribution >= 4 is 15.9 Å². The van der Waals surface area contributed by atoms with Crippen LogP contribution in [0.4, 0.5) is 0 Å². The first kappa shape index (κ1) is 15.1. The minimum absolute atomic E-state index is 0.481. The van der Waals surface area contributed by atoms with Gasteiger partial charge in [0.1, 0.15) is 0 Å². The molecule has 1 fully saturated rings. The zero-order chi connectivity index (χ0) is 13.7. The van der Waals surface area contributed by atoms with E-state index in [1.165, 1.54) is 42.1 Å². The number of nitrogens with one attached hydrogen (secondary N) is 1. The molecule has 0 aromatic heterocycles. The van der Waals surface area contributed by atoms with Crippen LogP contribution in [0.15, 0.2) is 28.7 Å². The number of rotatable bonds is 5. The maximum Gasteiger partial charge on any atom is 0.0320 e. The van der Waals surface area contributed by atoms with Crippen LogP contribution in [0.3, 0.4) is 0 Å². The van der Waals surface area contributed by atoms with Gasteiger partial charge in [0, 0.05) is 16.6 Å². The van der Waals surface area contributed by atoms with Crippen molar-refractivity contribution in [2.45, 2.75) is 64.5 Å². The molecule has 19 heavy (non-hydrogen) atoms. The fourth-order valence-corrected chi connectivity index (χ4v) is 3.68. The van der Waals surface area contributed by atoms with Crippen molar-refractivity contribution < 1.29 is 0 Å². The lowest BCUT2D eigenvalue weighted by Gasteiger charge is -2.31. The van der Waals surface area contributed by atoms with Gasteiger partial charge >= 0.3 is 0 Å². The number of benzene rings is 1. The average Bonchev–Trinajstić information content (AvgIpc) is 2.45. The van der Waals surface area contributed by atoms with E-state index in [9.17, 15) is 0 Å². The van der Waals surface area contributed by atoms with Crippen LogP contribution in [0.25, 0.3) is 0 Å². The maximum absolute atomic E-state index is 3.86. The van der Waals surface area contributed by atoms with E-state index in [4.69, 9.17) is 0 Å². The molecule has 1 saturated carbocycles. The summed E-state index contributed by atoms with van der Waals surface area (Å²) in [5, 5.41) is 3.86. The van der Waals surface area contributed by atoms with Crippen LogP contribution in [-0.4, -0.2) is 6.04 Å². The first-order valence-corrected chi connectivity index (χ1v) is 8.51. The van der Waals surface area contributed by atoms with Crippen LogP contribution < -0.4 is 5.32 Å². The summed E-state index contributed by atoms with van der Waals surface area (Å²) in [4.78, 5) is 0. The van der Waals surface area contributed by atoms with Gasteiger partial charge in [0.15, 0.2) is 0 Å². The number of hydrogen-bond acceptors (Lipinski definition) is 1. The normalized spacial score (nSPS) is 20.2. The molecule has 2 rings (SSSR count). The van der Waals surface area contributed by atoms with Gasteiger partial charge in [-0.25, -0.2) is 0 Å². The number of halogens is 1.